The van der Waals surface area contributed by atoms with E-state index in [1.165, 1.54) is 6.42 Å². The highest BCUT2D eigenvalue weighted by Crippen LogP contribution is 2.33. The summed E-state index contributed by atoms with van der Waals surface area (Å²) in [6, 6.07) is 0. The first-order valence-electron chi connectivity index (χ1n) is 8.71. The highest BCUT2D eigenvalue weighted by atomic mass is 16.6. The van der Waals surface area contributed by atoms with Gasteiger partial charge in [0.1, 0.15) is 5.60 Å². The first-order chi connectivity index (χ1) is 11.2. The summed E-state index contributed by atoms with van der Waals surface area (Å²) in [6.45, 7) is 10.6. The molecule has 2 rings (SSSR count). The van der Waals surface area contributed by atoms with Gasteiger partial charge in [-0.25, -0.2) is 4.79 Å². The minimum Gasteiger partial charge on any atom is -0.444 e. The number of amides is 1. The van der Waals surface area contributed by atoms with Crippen molar-refractivity contribution in [3.8, 4) is 0 Å². The molecule has 1 aromatic rings. The molecule has 0 radical (unpaired) electrons. The number of nitrogens with zero attached hydrogens (tertiary/aromatic N) is 2. The molecule has 7 heteroatoms. The van der Waals surface area contributed by atoms with E-state index in [0.29, 0.717) is 30.7 Å². The van der Waals surface area contributed by atoms with Crippen molar-refractivity contribution in [3.05, 3.63) is 11.7 Å². The molecule has 0 spiro atoms. The number of aryl methyl sites for hydroxylation is 1. The van der Waals surface area contributed by atoms with Gasteiger partial charge in [0.15, 0.2) is 5.82 Å². The zero-order chi connectivity index (χ0) is 17.8. The van der Waals surface area contributed by atoms with E-state index in [4.69, 9.17) is 9.26 Å². The molecule has 0 aromatic carbocycles. The highest BCUT2D eigenvalue weighted by Gasteiger charge is 2.38. The maximum atomic E-state index is 12.0. The number of carbonyl (C=O) groups is 1. The molecular formula is C17H30N4O3. The molecular weight excluding hydrogens is 308 g/mol. The summed E-state index contributed by atoms with van der Waals surface area (Å²) >= 11 is 0. The third-order valence-electron chi connectivity index (χ3n) is 4.57. The van der Waals surface area contributed by atoms with Gasteiger partial charge in [-0.15, -0.1) is 0 Å². The van der Waals surface area contributed by atoms with Crippen molar-refractivity contribution in [1.29, 1.82) is 0 Å². The minimum atomic E-state index is -0.495. The second kappa shape index (κ2) is 7.51. The third-order valence-corrected chi connectivity index (χ3v) is 4.57. The summed E-state index contributed by atoms with van der Waals surface area (Å²) in [7, 11) is 0. The van der Waals surface area contributed by atoms with Gasteiger partial charge < -0.3 is 19.9 Å². The fourth-order valence-electron chi connectivity index (χ4n) is 3.21. The van der Waals surface area contributed by atoms with E-state index in [-0.39, 0.29) is 11.6 Å². The fraction of sp³-hybridized carbons (Fsp3) is 0.824. The van der Waals surface area contributed by atoms with Gasteiger partial charge in [-0.05, 0) is 39.5 Å². The number of ether oxygens (including phenoxy) is 1. The van der Waals surface area contributed by atoms with Gasteiger partial charge in [0.25, 0.3) is 0 Å². The van der Waals surface area contributed by atoms with E-state index in [1.807, 2.05) is 20.8 Å². The van der Waals surface area contributed by atoms with Crippen LogP contribution >= 0.6 is 0 Å². The lowest BCUT2D eigenvalue weighted by atomic mass is 9.73. The van der Waals surface area contributed by atoms with E-state index < -0.39 is 5.60 Å². The van der Waals surface area contributed by atoms with Crippen LogP contribution in [0.2, 0.25) is 0 Å². The predicted molar refractivity (Wildman–Crippen MR) is 90.5 cm³/mol. The number of hydrogen-bond acceptors (Lipinski definition) is 6. The van der Waals surface area contributed by atoms with E-state index >= 15 is 0 Å². The molecule has 1 aliphatic carbocycles. The van der Waals surface area contributed by atoms with Crippen LogP contribution in [0.4, 0.5) is 4.79 Å². The Bertz CT molecular complexity index is 552. The lowest BCUT2D eigenvalue weighted by Gasteiger charge is -2.43. The van der Waals surface area contributed by atoms with Crippen molar-refractivity contribution in [1.82, 2.24) is 20.8 Å². The Labute approximate surface area is 143 Å². The molecule has 136 valence electrons. The first-order valence-corrected chi connectivity index (χ1v) is 8.71. The summed E-state index contributed by atoms with van der Waals surface area (Å²) in [5.41, 5.74) is -0.672. The second-order valence-corrected chi connectivity index (χ2v) is 7.74. The molecule has 1 fully saturated rings. The summed E-state index contributed by atoms with van der Waals surface area (Å²) in [5.74, 6) is 1.64. The van der Waals surface area contributed by atoms with Crippen LogP contribution < -0.4 is 10.6 Å². The van der Waals surface area contributed by atoms with Gasteiger partial charge in [0.05, 0.1) is 6.54 Å². The predicted octanol–water partition coefficient (Wildman–Crippen LogP) is 2.94. The number of carbonyl (C=O) groups excluding carboxylic acids is 1. The van der Waals surface area contributed by atoms with Crippen molar-refractivity contribution >= 4 is 6.09 Å². The Balaban J connectivity index is 1.99. The fourth-order valence-corrected chi connectivity index (χ4v) is 3.21. The standard InChI is InChI=1S/C17H30N4O3/c1-12-8-6-7-9-17(12,11-18-15(22)23-16(3,4)5)19-10-14-20-13(2)24-21-14/h12,19H,6-11H2,1-5H3,(H,18,22)/t12-,17+/m0/s1. The molecule has 1 heterocycles. The molecule has 0 unspecified atom stereocenters. The Hall–Kier alpha value is -1.63. The van der Waals surface area contributed by atoms with Crippen molar-refractivity contribution in [2.75, 3.05) is 6.54 Å². The van der Waals surface area contributed by atoms with E-state index in [9.17, 15) is 4.79 Å². The van der Waals surface area contributed by atoms with Crippen molar-refractivity contribution in [2.24, 2.45) is 5.92 Å². The van der Waals surface area contributed by atoms with Crippen LogP contribution in [-0.2, 0) is 11.3 Å². The largest absolute Gasteiger partial charge is 0.444 e. The van der Waals surface area contributed by atoms with E-state index in [1.54, 1.807) is 6.92 Å². The Morgan fingerprint density at radius 1 is 1.42 bits per heavy atom. The molecule has 0 bridgehead atoms. The summed E-state index contributed by atoms with van der Waals surface area (Å²) in [5, 5.41) is 10.5. The topological polar surface area (TPSA) is 89.3 Å². The molecule has 7 nitrogen and oxygen atoms in total. The Morgan fingerprint density at radius 2 is 2.17 bits per heavy atom. The molecule has 2 atom stereocenters. The maximum absolute atomic E-state index is 12.0. The summed E-state index contributed by atoms with van der Waals surface area (Å²) in [6.07, 6.45) is 4.11. The SMILES string of the molecule is Cc1nc(CN[C@@]2(CNC(=O)OC(C)(C)C)CCCC[C@@H]2C)no1. The average molecular weight is 338 g/mol. The Kier molecular flexibility index (Phi) is 5.85. The zero-order valence-corrected chi connectivity index (χ0v) is 15.4. The van der Waals surface area contributed by atoms with Gasteiger partial charge in [0, 0.05) is 19.0 Å². The van der Waals surface area contributed by atoms with Gasteiger partial charge in [-0.1, -0.05) is 24.9 Å². The summed E-state index contributed by atoms with van der Waals surface area (Å²) < 4.78 is 10.4. The lowest BCUT2D eigenvalue weighted by molar-refractivity contribution is 0.0479. The van der Waals surface area contributed by atoms with Crippen molar-refractivity contribution in [3.63, 3.8) is 0 Å². The van der Waals surface area contributed by atoms with E-state index in [2.05, 4.69) is 27.7 Å². The smallest absolute Gasteiger partial charge is 0.407 e. The summed E-state index contributed by atoms with van der Waals surface area (Å²) in [4.78, 5) is 16.3. The van der Waals surface area contributed by atoms with Crippen LogP contribution in [0.3, 0.4) is 0 Å². The highest BCUT2D eigenvalue weighted by molar-refractivity contribution is 5.67. The number of hydrogen-bond donors (Lipinski definition) is 2. The molecule has 0 aliphatic heterocycles. The molecule has 1 amide bonds. The molecule has 1 aliphatic rings. The normalized spacial score (nSPS) is 24.6. The average Bonchev–Trinajstić information content (AvgIpc) is 2.89. The van der Waals surface area contributed by atoms with Crippen LogP contribution in [0.5, 0.6) is 0 Å². The zero-order valence-electron chi connectivity index (χ0n) is 15.4. The van der Waals surface area contributed by atoms with Crippen LogP contribution in [0.15, 0.2) is 4.52 Å². The van der Waals surface area contributed by atoms with Gasteiger partial charge >= 0.3 is 6.09 Å². The molecule has 0 saturated heterocycles. The third kappa shape index (κ3) is 5.19. The monoisotopic (exact) mass is 338 g/mol. The van der Waals surface area contributed by atoms with E-state index in [0.717, 1.165) is 19.3 Å². The quantitative estimate of drug-likeness (QED) is 0.858. The molecule has 1 aromatic heterocycles. The molecule has 24 heavy (non-hydrogen) atoms. The van der Waals surface area contributed by atoms with Gasteiger partial charge in [-0.3, -0.25) is 0 Å². The minimum absolute atomic E-state index is 0.177. The molecule has 1 saturated carbocycles. The van der Waals surface area contributed by atoms with Crippen molar-refractivity contribution in [2.45, 2.75) is 78.0 Å². The number of aromatic nitrogens is 2. The van der Waals surface area contributed by atoms with Crippen LogP contribution in [0.25, 0.3) is 0 Å². The van der Waals surface area contributed by atoms with Gasteiger partial charge in [0.2, 0.25) is 5.89 Å². The van der Waals surface area contributed by atoms with Crippen LogP contribution in [0.1, 0.15) is 65.1 Å². The number of alkyl carbamates (subject to hydrolysis) is 1. The first kappa shape index (κ1) is 18.7. The number of rotatable bonds is 5. The molecule has 2 N–H and O–H groups in total. The second-order valence-electron chi connectivity index (χ2n) is 7.74. The lowest BCUT2D eigenvalue weighted by Crippen LogP contribution is -2.59. The van der Waals surface area contributed by atoms with Gasteiger partial charge in [-0.2, -0.15) is 4.98 Å². The van der Waals surface area contributed by atoms with Crippen molar-refractivity contribution < 1.29 is 14.1 Å². The Morgan fingerprint density at radius 3 is 2.75 bits per heavy atom. The maximum Gasteiger partial charge on any atom is 0.407 e. The number of nitrogens with one attached hydrogen (secondary N) is 2. The van der Waals surface area contributed by atoms with Crippen LogP contribution in [0, 0.1) is 12.8 Å². The van der Waals surface area contributed by atoms with Crippen LogP contribution in [-0.4, -0.2) is 33.9 Å².